The summed E-state index contributed by atoms with van der Waals surface area (Å²) in [6, 6.07) is 12.8. The van der Waals surface area contributed by atoms with Crippen LogP contribution >= 0.6 is 11.6 Å². The number of aliphatic hydroxyl groups is 1. The lowest BCUT2D eigenvalue weighted by atomic mass is 9.91. The zero-order valence-corrected chi connectivity index (χ0v) is 20.5. The van der Waals surface area contributed by atoms with Gasteiger partial charge in [0.1, 0.15) is 5.82 Å². The first-order valence-corrected chi connectivity index (χ1v) is 11.7. The van der Waals surface area contributed by atoms with Crippen molar-refractivity contribution < 1.29 is 23.8 Å². The normalized spacial score (nSPS) is 18.0. The van der Waals surface area contributed by atoms with Gasteiger partial charge in [0.2, 0.25) is 0 Å². The Kier molecular flexibility index (Phi) is 7.03. The number of Topliss-reactive ketones (excluding diaryl/α,β-unsaturated/α-hetero) is 1. The second-order valence-electron chi connectivity index (χ2n) is 8.68. The number of benzene rings is 2. The van der Waals surface area contributed by atoms with Crippen LogP contribution in [0.1, 0.15) is 63.4 Å². The van der Waals surface area contributed by atoms with Gasteiger partial charge in [-0.1, -0.05) is 36.7 Å². The summed E-state index contributed by atoms with van der Waals surface area (Å²) >= 11 is 6.13. The summed E-state index contributed by atoms with van der Waals surface area (Å²) in [6.45, 7) is 4.87. The van der Waals surface area contributed by atoms with Gasteiger partial charge in [0.25, 0.3) is 5.91 Å². The Bertz CT molecular complexity index is 1260. The first kappa shape index (κ1) is 25.0. The Balaban J connectivity index is 1.98. The number of amides is 1. The van der Waals surface area contributed by atoms with E-state index in [1.165, 1.54) is 17.9 Å². The lowest BCUT2D eigenvalue weighted by molar-refractivity contribution is -0.134. The van der Waals surface area contributed by atoms with Crippen molar-refractivity contribution >= 4 is 23.3 Å². The van der Waals surface area contributed by atoms with E-state index in [1.54, 1.807) is 43.5 Å². The molecule has 6 nitrogen and oxygen atoms in total. The van der Waals surface area contributed by atoms with E-state index in [4.69, 9.17) is 16.3 Å². The third kappa shape index (κ3) is 4.59. The van der Waals surface area contributed by atoms with Crippen LogP contribution in [-0.2, 0) is 17.0 Å². The van der Waals surface area contributed by atoms with E-state index in [0.29, 0.717) is 22.7 Å². The molecule has 0 spiro atoms. The highest BCUT2D eigenvalue weighted by Gasteiger charge is 2.54. The average Bonchev–Trinajstić information content (AvgIpc) is 3.08. The molecule has 2 atom stereocenters. The minimum atomic E-state index is -1.71. The molecule has 2 heterocycles. The number of aliphatic hydroxyl groups excluding tert-OH is 1. The van der Waals surface area contributed by atoms with Crippen LogP contribution in [0.4, 0.5) is 4.39 Å². The van der Waals surface area contributed by atoms with E-state index >= 15 is 4.39 Å². The van der Waals surface area contributed by atoms with Crippen LogP contribution < -0.4 is 0 Å². The van der Waals surface area contributed by atoms with Gasteiger partial charge < -0.3 is 9.84 Å². The molecule has 0 bridgehead atoms. The number of rotatable bonds is 8. The number of carbonyl (C=O) groups excluding carboxylic acids is 2. The summed E-state index contributed by atoms with van der Waals surface area (Å²) in [4.78, 5) is 31.7. The lowest BCUT2D eigenvalue weighted by Gasteiger charge is -2.40. The van der Waals surface area contributed by atoms with Gasteiger partial charge >= 0.3 is 0 Å². The van der Waals surface area contributed by atoms with Gasteiger partial charge in [-0.15, -0.1) is 0 Å². The smallest absolute Gasteiger partial charge is 0.257 e. The summed E-state index contributed by atoms with van der Waals surface area (Å²) in [7, 11) is 0. The van der Waals surface area contributed by atoms with Crippen molar-refractivity contribution in [3.63, 3.8) is 0 Å². The maximum atomic E-state index is 15.8. The molecule has 1 amide bonds. The van der Waals surface area contributed by atoms with Crippen molar-refractivity contribution in [3.05, 3.63) is 99.1 Å². The van der Waals surface area contributed by atoms with Crippen LogP contribution in [0.15, 0.2) is 54.7 Å². The van der Waals surface area contributed by atoms with Crippen LogP contribution in [0.3, 0.4) is 0 Å². The lowest BCUT2D eigenvalue weighted by Crippen LogP contribution is -2.48. The molecule has 35 heavy (non-hydrogen) atoms. The van der Waals surface area contributed by atoms with E-state index in [9.17, 15) is 14.7 Å². The Hall–Kier alpha value is -3.13. The molecule has 2 unspecified atom stereocenters. The molecule has 2 aromatic carbocycles. The highest BCUT2D eigenvalue weighted by atomic mass is 35.5. The molecule has 1 aliphatic heterocycles. The summed E-state index contributed by atoms with van der Waals surface area (Å²) < 4.78 is 22.1. The van der Waals surface area contributed by atoms with Crippen molar-refractivity contribution in [1.29, 1.82) is 0 Å². The fourth-order valence-corrected chi connectivity index (χ4v) is 4.35. The van der Waals surface area contributed by atoms with Crippen molar-refractivity contribution in [1.82, 2.24) is 9.88 Å². The summed E-state index contributed by atoms with van der Waals surface area (Å²) in [6.07, 6.45) is 1.25. The van der Waals surface area contributed by atoms with Crippen molar-refractivity contribution in [2.45, 2.75) is 45.6 Å². The fourth-order valence-electron chi connectivity index (χ4n) is 4.23. The second-order valence-corrected chi connectivity index (χ2v) is 9.12. The third-order valence-electron chi connectivity index (χ3n) is 6.18. The van der Waals surface area contributed by atoms with Crippen molar-refractivity contribution in [2.24, 2.45) is 0 Å². The van der Waals surface area contributed by atoms with Crippen LogP contribution in [0.25, 0.3) is 0 Å². The average molecular weight is 497 g/mol. The number of nitrogens with zero attached hydrogens (tertiary/aromatic N) is 2. The number of hydrogen-bond donors (Lipinski definition) is 1. The molecule has 1 aromatic heterocycles. The molecule has 0 saturated heterocycles. The molecular formula is C27H26ClFN2O4. The first-order chi connectivity index (χ1) is 16.7. The van der Waals surface area contributed by atoms with Crippen LogP contribution in [0.5, 0.6) is 0 Å². The highest BCUT2D eigenvalue weighted by molar-refractivity contribution is 6.30. The Morgan fingerprint density at radius 3 is 2.54 bits per heavy atom. The fraction of sp³-hybridized carbons (Fsp3) is 0.296. The number of fused-ring (bicyclic) bond motifs is 1. The number of hydrogen-bond acceptors (Lipinski definition) is 5. The summed E-state index contributed by atoms with van der Waals surface area (Å²) in [5.41, 5.74) is 0.380. The molecule has 1 aliphatic rings. The number of ketones is 1. The summed E-state index contributed by atoms with van der Waals surface area (Å²) in [5.74, 6) is -1.62. The van der Waals surface area contributed by atoms with Crippen LogP contribution in [0.2, 0.25) is 5.02 Å². The molecule has 0 radical (unpaired) electrons. The van der Waals surface area contributed by atoms with Crippen molar-refractivity contribution in [3.8, 4) is 0 Å². The number of aromatic nitrogens is 1. The van der Waals surface area contributed by atoms with Gasteiger partial charge in [0.05, 0.1) is 36.1 Å². The first-order valence-electron chi connectivity index (χ1n) is 11.3. The molecule has 3 aromatic rings. The van der Waals surface area contributed by atoms with E-state index in [1.807, 2.05) is 13.0 Å². The van der Waals surface area contributed by atoms with E-state index in [2.05, 4.69) is 4.98 Å². The van der Waals surface area contributed by atoms with Crippen molar-refractivity contribution in [2.75, 3.05) is 6.61 Å². The predicted octanol–water partition coefficient (Wildman–Crippen LogP) is 5.03. The van der Waals surface area contributed by atoms with Gasteiger partial charge in [-0.2, -0.15) is 0 Å². The van der Waals surface area contributed by atoms with Gasteiger partial charge in [-0.05, 0) is 56.2 Å². The van der Waals surface area contributed by atoms with Gasteiger partial charge in [-0.3, -0.25) is 19.5 Å². The molecule has 8 heteroatoms. The minimum Gasteiger partial charge on any atom is -0.391 e. The standard InChI is InChI=1S/C27H26ClFN2O4/c1-4-22(33)15-35-27(19-6-8-20(28)9-7-19)25-23(11-18(17(3)32)12-24(25)29)26(34)31(27)14-21-10-5-16(2)13-30-21/h5-13,22,33H,4,14-15H2,1-3H3. The van der Waals surface area contributed by atoms with E-state index < -0.39 is 23.6 Å². The Morgan fingerprint density at radius 1 is 1.23 bits per heavy atom. The number of carbonyl (C=O) groups is 2. The van der Waals surface area contributed by atoms with Gasteiger partial charge in [-0.25, -0.2) is 4.39 Å². The topological polar surface area (TPSA) is 79.7 Å². The number of ether oxygens (including phenoxy) is 1. The number of halogens is 2. The van der Waals surface area contributed by atoms with E-state index in [-0.39, 0.29) is 35.6 Å². The number of pyridine rings is 1. The van der Waals surface area contributed by atoms with Crippen LogP contribution in [-0.4, -0.2) is 39.4 Å². The van der Waals surface area contributed by atoms with Gasteiger partial charge in [0.15, 0.2) is 11.5 Å². The summed E-state index contributed by atoms with van der Waals surface area (Å²) in [5, 5.41) is 10.8. The molecule has 0 saturated carbocycles. The zero-order chi connectivity index (χ0) is 25.3. The third-order valence-corrected chi connectivity index (χ3v) is 6.43. The SMILES string of the molecule is CCC(O)COC1(c2ccc(Cl)cc2)c2c(F)cc(C(C)=O)cc2C(=O)N1Cc1ccc(C)cn1. The number of aryl methyl sites for hydroxylation is 1. The zero-order valence-electron chi connectivity index (χ0n) is 19.7. The maximum Gasteiger partial charge on any atom is 0.257 e. The minimum absolute atomic E-state index is 0.00743. The highest BCUT2D eigenvalue weighted by Crippen LogP contribution is 2.48. The molecule has 0 aliphatic carbocycles. The molecule has 1 N–H and O–H groups in total. The maximum absolute atomic E-state index is 15.8. The molecule has 4 rings (SSSR count). The Morgan fingerprint density at radius 2 is 1.94 bits per heavy atom. The molecular weight excluding hydrogens is 471 g/mol. The van der Waals surface area contributed by atoms with E-state index in [0.717, 1.165) is 11.6 Å². The predicted molar refractivity (Wildman–Crippen MR) is 130 cm³/mol. The molecule has 182 valence electrons. The Labute approximate surface area is 208 Å². The largest absolute Gasteiger partial charge is 0.391 e. The second kappa shape index (κ2) is 9.85. The molecule has 0 fully saturated rings. The van der Waals surface area contributed by atoms with Gasteiger partial charge in [0, 0.05) is 22.3 Å². The van der Waals surface area contributed by atoms with Crippen LogP contribution in [0, 0.1) is 12.7 Å². The monoisotopic (exact) mass is 496 g/mol. The quantitative estimate of drug-likeness (QED) is 0.442.